The first-order chi connectivity index (χ1) is 5.16. The van der Waals surface area contributed by atoms with Crippen LogP contribution >= 0.6 is 15.9 Å². The van der Waals surface area contributed by atoms with E-state index in [1.54, 1.807) is 6.08 Å². The van der Waals surface area contributed by atoms with Crippen LogP contribution in [-0.2, 0) is 0 Å². The van der Waals surface area contributed by atoms with Crippen LogP contribution in [0.25, 0.3) is 0 Å². The number of guanidine groups is 1. The van der Waals surface area contributed by atoms with Gasteiger partial charge in [0.25, 0.3) is 0 Å². The van der Waals surface area contributed by atoms with Gasteiger partial charge in [0.05, 0.1) is 6.54 Å². The van der Waals surface area contributed by atoms with Crippen LogP contribution < -0.4 is 11.1 Å². The Kier molecular flexibility index (Phi) is 5.56. The number of hydrogen-bond donors (Lipinski definition) is 2. The van der Waals surface area contributed by atoms with Gasteiger partial charge in [-0.2, -0.15) is 0 Å². The van der Waals surface area contributed by atoms with Crippen LogP contribution in [0.15, 0.2) is 28.7 Å². The summed E-state index contributed by atoms with van der Waals surface area (Å²) in [5.41, 5.74) is 5.44. The molecule has 0 unspecified atom stereocenters. The molecule has 0 rings (SSSR count). The fourth-order valence-corrected chi connectivity index (χ4v) is 0.529. The third-order valence-corrected chi connectivity index (χ3v) is 1.10. The number of rotatable bonds is 4. The average Bonchev–Trinajstić information content (AvgIpc) is 1.97. The van der Waals surface area contributed by atoms with Gasteiger partial charge in [-0.25, -0.2) is 4.99 Å². The molecule has 0 saturated carbocycles. The van der Waals surface area contributed by atoms with Gasteiger partial charge in [-0.15, -0.1) is 6.58 Å². The third kappa shape index (κ3) is 7.12. The zero-order valence-electron chi connectivity index (χ0n) is 6.31. The molecule has 62 valence electrons. The van der Waals surface area contributed by atoms with Crippen LogP contribution in [0.1, 0.15) is 0 Å². The molecule has 3 N–H and O–H groups in total. The molecule has 0 spiro atoms. The molecular formula is C7H12BrN3. The minimum atomic E-state index is 0.408. The maximum atomic E-state index is 5.44. The van der Waals surface area contributed by atoms with Gasteiger partial charge in [-0.3, -0.25) is 0 Å². The van der Waals surface area contributed by atoms with Gasteiger partial charge in [0.1, 0.15) is 0 Å². The smallest absolute Gasteiger partial charge is 0.189 e. The fourth-order valence-electron chi connectivity index (χ4n) is 0.404. The second-order valence-corrected chi connectivity index (χ2v) is 3.01. The molecule has 0 amide bonds. The molecule has 0 aliphatic heterocycles. The molecule has 0 radical (unpaired) electrons. The summed E-state index contributed by atoms with van der Waals surface area (Å²) in [6.07, 6.45) is 1.71. The van der Waals surface area contributed by atoms with Crippen LogP contribution in [-0.4, -0.2) is 19.0 Å². The van der Waals surface area contributed by atoms with E-state index in [0.717, 1.165) is 4.48 Å². The second kappa shape index (κ2) is 5.97. The Labute approximate surface area is 75.2 Å². The normalized spacial score (nSPS) is 10.8. The van der Waals surface area contributed by atoms with Crippen molar-refractivity contribution in [2.24, 2.45) is 10.7 Å². The number of nitrogens with one attached hydrogen (secondary N) is 1. The van der Waals surface area contributed by atoms with Crippen LogP contribution in [0.2, 0.25) is 0 Å². The highest BCUT2D eigenvalue weighted by Crippen LogP contribution is 1.98. The highest BCUT2D eigenvalue weighted by Gasteiger charge is 1.87. The number of aliphatic imine (C=N–C) groups is 1. The first-order valence-electron chi connectivity index (χ1n) is 3.14. The van der Waals surface area contributed by atoms with Crippen molar-refractivity contribution < 1.29 is 0 Å². The minimum Gasteiger partial charge on any atom is -0.370 e. The van der Waals surface area contributed by atoms with Gasteiger partial charge in [-0.05, 0) is 0 Å². The van der Waals surface area contributed by atoms with Crippen LogP contribution in [0.4, 0.5) is 0 Å². The van der Waals surface area contributed by atoms with Gasteiger partial charge in [0.15, 0.2) is 5.96 Å². The quantitative estimate of drug-likeness (QED) is 0.420. The van der Waals surface area contributed by atoms with Crippen molar-refractivity contribution in [3.63, 3.8) is 0 Å². The van der Waals surface area contributed by atoms with Crippen molar-refractivity contribution in [3.05, 3.63) is 23.7 Å². The molecule has 0 saturated heterocycles. The molecule has 0 aromatic rings. The van der Waals surface area contributed by atoms with Crippen molar-refractivity contribution in [1.29, 1.82) is 0 Å². The number of nitrogens with two attached hydrogens (primary N) is 1. The Morgan fingerprint density at radius 3 is 2.82 bits per heavy atom. The summed E-state index contributed by atoms with van der Waals surface area (Å²) in [7, 11) is 0. The molecule has 0 aromatic carbocycles. The Bertz CT molecular complexity index is 175. The molecule has 0 fully saturated rings. The summed E-state index contributed by atoms with van der Waals surface area (Å²) >= 11 is 3.17. The zero-order chi connectivity index (χ0) is 8.69. The number of halogens is 1. The molecule has 11 heavy (non-hydrogen) atoms. The van der Waals surface area contributed by atoms with Crippen LogP contribution in [0.5, 0.6) is 0 Å². The van der Waals surface area contributed by atoms with Crippen molar-refractivity contribution in [3.8, 4) is 0 Å². The number of hydrogen-bond acceptors (Lipinski definition) is 1. The molecule has 0 aromatic heterocycles. The second-order valence-electron chi connectivity index (χ2n) is 1.89. The lowest BCUT2D eigenvalue weighted by Crippen LogP contribution is -2.31. The third-order valence-electron chi connectivity index (χ3n) is 0.848. The van der Waals surface area contributed by atoms with E-state index in [9.17, 15) is 0 Å². The Balaban J connectivity index is 3.62. The van der Waals surface area contributed by atoms with Crippen molar-refractivity contribution >= 4 is 21.9 Å². The van der Waals surface area contributed by atoms with E-state index in [1.165, 1.54) is 0 Å². The fraction of sp³-hybridized carbons (Fsp3) is 0.286. The van der Waals surface area contributed by atoms with Crippen molar-refractivity contribution in [1.82, 2.24) is 5.32 Å². The van der Waals surface area contributed by atoms with Gasteiger partial charge in [-0.1, -0.05) is 28.6 Å². The van der Waals surface area contributed by atoms with E-state index >= 15 is 0 Å². The summed E-state index contributed by atoms with van der Waals surface area (Å²) in [5.74, 6) is 0.408. The molecule has 0 heterocycles. The van der Waals surface area contributed by atoms with Crippen LogP contribution in [0, 0.1) is 0 Å². The average molecular weight is 218 g/mol. The maximum Gasteiger partial charge on any atom is 0.189 e. The minimum absolute atomic E-state index is 0.408. The van der Waals surface area contributed by atoms with Crippen LogP contribution in [0.3, 0.4) is 0 Å². The SMILES string of the molecule is C=CCNC(N)=NCC(=C)Br. The first-order valence-corrected chi connectivity index (χ1v) is 3.94. The predicted molar refractivity (Wildman–Crippen MR) is 52.8 cm³/mol. The molecule has 0 aliphatic carbocycles. The summed E-state index contributed by atoms with van der Waals surface area (Å²) in [5, 5.41) is 2.84. The van der Waals surface area contributed by atoms with E-state index in [2.05, 4.69) is 39.4 Å². The largest absolute Gasteiger partial charge is 0.370 e. The van der Waals surface area contributed by atoms with Crippen molar-refractivity contribution in [2.75, 3.05) is 13.1 Å². The molecular weight excluding hydrogens is 206 g/mol. The standard InChI is InChI=1S/C7H12BrN3/c1-3-4-10-7(9)11-5-6(2)8/h3H,1-2,4-5H2,(H3,9,10,11). The molecule has 4 heteroatoms. The number of nitrogens with zero attached hydrogens (tertiary/aromatic N) is 1. The highest BCUT2D eigenvalue weighted by atomic mass is 79.9. The van der Waals surface area contributed by atoms with E-state index in [4.69, 9.17) is 5.73 Å². The lowest BCUT2D eigenvalue weighted by atomic mass is 10.6. The maximum absolute atomic E-state index is 5.44. The molecule has 3 nitrogen and oxygen atoms in total. The van der Waals surface area contributed by atoms with E-state index in [0.29, 0.717) is 19.0 Å². The summed E-state index contributed by atoms with van der Waals surface area (Å²) in [6, 6.07) is 0. The van der Waals surface area contributed by atoms with Gasteiger partial charge in [0.2, 0.25) is 0 Å². The zero-order valence-corrected chi connectivity index (χ0v) is 7.89. The summed E-state index contributed by atoms with van der Waals surface area (Å²) in [4.78, 5) is 3.95. The van der Waals surface area contributed by atoms with Gasteiger partial charge in [0, 0.05) is 11.0 Å². The summed E-state index contributed by atoms with van der Waals surface area (Å²) in [6.45, 7) is 8.27. The molecule has 0 atom stereocenters. The lowest BCUT2D eigenvalue weighted by Gasteiger charge is -2.00. The van der Waals surface area contributed by atoms with E-state index in [-0.39, 0.29) is 0 Å². The Morgan fingerprint density at radius 1 is 1.73 bits per heavy atom. The monoisotopic (exact) mass is 217 g/mol. The first kappa shape index (κ1) is 10.2. The highest BCUT2D eigenvalue weighted by molar-refractivity contribution is 9.11. The van der Waals surface area contributed by atoms with E-state index in [1.807, 2.05) is 0 Å². The van der Waals surface area contributed by atoms with Gasteiger partial charge < -0.3 is 11.1 Å². The summed E-state index contributed by atoms with van der Waals surface area (Å²) < 4.78 is 0.806. The topological polar surface area (TPSA) is 50.4 Å². The van der Waals surface area contributed by atoms with Gasteiger partial charge >= 0.3 is 0 Å². The lowest BCUT2D eigenvalue weighted by molar-refractivity contribution is 1.00. The molecule has 0 aliphatic rings. The van der Waals surface area contributed by atoms with E-state index < -0.39 is 0 Å². The molecule has 0 bridgehead atoms. The predicted octanol–water partition coefficient (Wildman–Crippen LogP) is 0.985. The Hall–Kier alpha value is -0.770. The Morgan fingerprint density at radius 2 is 2.36 bits per heavy atom. The van der Waals surface area contributed by atoms with Crippen molar-refractivity contribution in [2.45, 2.75) is 0 Å².